The highest BCUT2D eigenvalue weighted by molar-refractivity contribution is 7.89. The summed E-state index contributed by atoms with van der Waals surface area (Å²) in [5.74, 6) is -0.535. The Hall–Kier alpha value is -2.56. The molecule has 0 saturated heterocycles. The molecule has 4 rings (SSSR count). The SMILES string of the molecule is NS(=O)(=O)c1ccc(CNC(=O)c2nc3sc4c(c3c(=O)[nH]2)CCC4)cc1. The second-order valence-electron chi connectivity index (χ2n) is 6.32. The Labute approximate surface area is 158 Å². The molecule has 2 aromatic heterocycles. The predicted octanol–water partition coefficient (Wildman–Crippen LogP) is 1.05. The summed E-state index contributed by atoms with van der Waals surface area (Å²) >= 11 is 1.47. The van der Waals surface area contributed by atoms with E-state index in [1.807, 2.05) is 0 Å². The monoisotopic (exact) mass is 404 g/mol. The number of hydrogen-bond acceptors (Lipinski definition) is 6. The number of nitrogens with two attached hydrogens (primary N) is 1. The fourth-order valence-electron chi connectivity index (χ4n) is 3.17. The van der Waals surface area contributed by atoms with Crippen LogP contribution in [0.3, 0.4) is 0 Å². The summed E-state index contributed by atoms with van der Waals surface area (Å²) < 4.78 is 22.5. The normalized spacial score (nSPS) is 13.7. The summed E-state index contributed by atoms with van der Waals surface area (Å²) in [6.45, 7) is 0.159. The van der Waals surface area contributed by atoms with Crippen LogP contribution < -0.4 is 16.0 Å². The fraction of sp³-hybridized carbons (Fsp3) is 0.235. The number of benzene rings is 1. The average Bonchev–Trinajstić information content (AvgIpc) is 3.19. The molecule has 0 atom stereocenters. The Kier molecular flexibility index (Phi) is 4.33. The maximum Gasteiger partial charge on any atom is 0.287 e. The Morgan fingerprint density at radius 2 is 2.00 bits per heavy atom. The van der Waals surface area contributed by atoms with Crippen molar-refractivity contribution in [3.05, 3.63) is 56.4 Å². The van der Waals surface area contributed by atoms with Crippen molar-refractivity contribution in [2.45, 2.75) is 30.7 Å². The minimum absolute atomic E-state index is 0.000214. The number of fused-ring (bicyclic) bond motifs is 3. The van der Waals surface area contributed by atoms with Gasteiger partial charge in [-0.05, 0) is 42.5 Å². The third kappa shape index (κ3) is 3.38. The summed E-state index contributed by atoms with van der Waals surface area (Å²) in [5, 5.41) is 8.32. The zero-order chi connectivity index (χ0) is 19.2. The van der Waals surface area contributed by atoms with E-state index >= 15 is 0 Å². The van der Waals surface area contributed by atoms with Crippen LogP contribution in [-0.2, 0) is 29.4 Å². The van der Waals surface area contributed by atoms with E-state index in [9.17, 15) is 18.0 Å². The first kappa shape index (κ1) is 17.8. The van der Waals surface area contributed by atoms with E-state index in [1.165, 1.54) is 28.3 Å². The van der Waals surface area contributed by atoms with Gasteiger partial charge in [-0.2, -0.15) is 0 Å². The molecule has 1 aromatic carbocycles. The van der Waals surface area contributed by atoms with Crippen molar-refractivity contribution in [3.63, 3.8) is 0 Å². The lowest BCUT2D eigenvalue weighted by Crippen LogP contribution is -2.27. The van der Waals surface area contributed by atoms with E-state index in [-0.39, 0.29) is 22.8 Å². The zero-order valence-electron chi connectivity index (χ0n) is 14.1. The lowest BCUT2D eigenvalue weighted by Gasteiger charge is -2.06. The Morgan fingerprint density at radius 1 is 1.26 bits per heavy atom. The zero-order valence-corrected chi connectivity index (χ0v) is 15.7. The number of aromatic nitrogens is 2. The minimum atomic E-state index is -3.75. The van der Waals surface area contributed by atoms with Crippen molar-refractivity contribution in [3.8, 4) is 0 Å². The topological polar surface area (TPSA) is 135 Å². The predicted molar refractivity (Wildman–Crippen MR) is 101 cm³/mol. The first-order valence-corrected chi connectivity index (χ1v) is 10.6. The van der Waals surface area contributed by atoms with Crippen molar-refractivity contribution in [1.82, 2.24) is 15.3 Å². The van der Waals surface area contributed by atoms with Crippen LogP contribution in [0.2, 0.25) is 0 Å². The van der Waals surface area contributed by atoms with Crippen LogP contribution in [0.1, 0.15) is 33.0 Å². The third-order valence-corrected chi connectivity index (χ3v) is 6.61. The van der Waals surface area contributed by atoms with Gasteiger partial charge >= 0.3 is 0 Å². The first-order chi connectivity index (χ1) is 12.8. The van der Waals surface area contributed by atoms with Crippen LogP contribution in [0.25, 0.3) is 10.2 Å². The highest BCUT2D eigenvalue weighted by atomic mass is 32.2. The highest BCUT2D eigenvalue weighted by Gasteiger charge is 2.22. The number of rotatable bonds is 4. The van der Waals surface area contributed by atoms with Crippen LogP contribution >= 0.6 is 11.3 Å². The molecule has 2 heterocycles. The lowest BCUT2D eigenvalue weighted by atomic mass is 10.2. The van der Waals surface area contributed by atoms with Gasteiger partial charge in [0.15, 0.2) is 0 Å². The van der Waals surface area contributed by atoms with Crippen molar-refractivity contribution in [2.75, 3.05) is 0 Å². The largest absolute Gasteiger partial charge is 0.345 e. The van der Waals surface area contributed by atoms with E-state index in [1.54, 1.807) is 12.1 Å². The molecule has 140 valence electrons. The molecule has 4 N–H and O–H groups in total. The van der Waals surface area contributed by atoms with Gasteiger partial charge in [-0.15, -0.1) is 11.3 Å². The van der Waals surface area contributed by atoms with Gasteiger partial charge in [-0.25, -0.2) is 18.5 Å². The molecule has 1 aliphatic rings. The maximum absolute atomic E-state index is 12.4. The van der Waals surface area contributed by atoms with Gasteiger partial charge in [0.25, 0.3) is 11.5 Å². The summed E-state index contributed by atoms with van der Waals surface area (Å²) in [4.78, 5) is 33.4. The van der Waals surface area contributed by atoms with Crippen LogP contribution in [-0.4, -0.2) is 24.3 Å². The molecule has 1 aliphatic carbocycles. The molecule has 3 aromatic rings. The molecule has 0 aliphatic heterocycles. The molecule has 1 amide bonds. The first-order valence-electron chi connectivity index (χ1n) is 8.27. The molecule has 0 radical (unpaired) electrons. The number of aryl methyl sites for hydroxylation is 2. The van der Waals surface area contributed by atoms with Gasteiger partial charge in [0.2, 0.25) is 15.8 Å². The molecule has 27 heavy (non-hydrogen) atoms. The number of thiophene rings is 1. The van der Waals surface area contributed by atoms with E-state index in [0.29, 0.717) is 15.8 Å². The molecule has 8 nitrogen and oxygen atoms in total. The number of carbonyl (C=O) groups is 1. The quantitative estimate of drug-likeness (QED) is 0.597. The Balaban J connectivity index is 1.52. The fourth-order valence-corrected chi connectivity index (χ4v) is 4.95. The maximum atomic E-state index is 12.4. The van der Waals surface area contributed by atoms with E-state index in [4.69, 9.17) is 5.14 Å². The van der Waals surface area contributed by atoms with Gasteiger partial charge in [-0.3, -0.25) is 9.59 Å². The third-order valence-electron chi connectivity index (χ3n) is 4.50. The average molecular weight is 404 g/mol. The standard InChI is InChI=1S/C17H16N4O4S2/c18-27(24,25)10-6-4-9(5-7-10)8-19-16(23)14-20-15(22)13-11-2-1-3-12(11)26-17(13)21-14/h4-7H,1-3,8H2,(H,19,23)(H2,18,24,25)(H,20,21,22). The smallest absolute Gasteiger partial charge is 0.287 e. The second kappa shape index (κ2) is 6.55. The molecule has 10 heteroatoms. The minimum Gasteiger partial charge on any atom is -0.345 e. The molecule has 0 spiro atoms. The molecular formula is C17H16N4O4S2. The highest BCUT2D eigenvalue weighted by Crippen LogP contribution is 2.34. The molecule has 0 fully saturated rings. The number of amides is 1. The van der Waals surface area contributed by atoms with Crippen LogP contribution in [0, 0.1) is 0 Å². The number of hydrogen-bond donors (Lipinski definition) is 3. The van der Waals surface area contributed by atoms with Gasteiger partial charge in [-0.1, -0.05) is 12.1 Å². The van der Waals surface area contributed by atoms with Crippen LogP contribution in [0.5, 0.6) is 0 Å². The van der Waals surface area contributed by atoms with Crippen molar-refractivity contribution >= 4 is 37.5 Å². The Bertz CT molecular complexity index is 1210. The van der Waals surface area contributed by atoms with E-state index in [0.717, 1.165) is 24.8 Å². The van der Waals surface area contributed by atoms with Crippen molar-refractivity contribution in [2.24, 2.45) is 5.14 Å². The molecular weight excluding hydrogens is 388 g/mol. The molecule has 0 bridgehead atoms. The number of nitrogens with zero attached hydrogens (tertiary/aromatic N) is 1. The molecule has 0 unspecified atom stereocenters. The number of sulfonamides is 1. The van der Waals surface area contributed by atoms with Crippen LogP contribution in [0.15, 0.2) is 34.0 Å². The molecule has 0 saturated carbocycles. The number of nitrogens with one attached hydrogen (secondary N) is 2. The van der Waals surface area contributed by atoms with Crippen molar-refractivity contribution in [1.29, 1.82) is 0 Å². The van der Waals surface area contributed by atoms with Gasteiger partial charge in [0.1, 0.15) is 4.83 Å². The number of H-pyrrole nitrogens is 1. The summed E-state index contributed by atoms with van der Waals surface area (Å²) in [7, 11) is -3.75. The van der Waals surface area contributed by atoms with E-state index < -0.39 is 15.9 Å². The van der Waals surface area contributed by atoms with Gasteiger partial charge in [0, 0.05) is 11.4 Å². The number of carbonyl (C=O) groups excluding carboxylic acids is 1. The van der Waals surface area contributed by atoms with Gasteiger partial charge < -0.3 is 10.3 Å². The lowest BCUT2D eigenvalue weighted by molar-refractivity contribution is 0.0940. The summed E-state index contributed by atoms with van der Waals surface area (Å²) in [6.07, 6.45) is 2.87. The number of primary sulfonamides is 1. The van der Waals surface area contributed by atoms with Gasteiger partial charge in [0.05, 0.1) is 10.3 Å². The summed E-state index contributed by atoms with van der Waals surface area (Å²) in [6, 6.07) is 5.86. The number of aromatic amines is 1. The van der Waals surface area contributed by atoms with Crippen molar-refractivity contribution < 1.29 is 13.2 Å². The van der Waals surface area contributed by atoms with Crippen LogP contribution in [0.4, 0.5) is 0 Å². The summed E-state index contributed by atoms with van der Waals surface area (Å²) in [5.41, 5.74) is 1.46. The Morgan fingerprint density at radius 3 is 2.70 bits per heavy atom. The second-order valence-corrected chi connectivity index (χ2v) is 8.97. The van der Waals surface area contributed by atoms with E-state index in [2.05, 4.69) is 15.3 Å².